The maximum Gasteiger partial charge on any atom is 0.412 e. The minimum absolute atomic E-state index is 0.485. The summed E-state index contributed by atoms with van der Waals surface area (Å²) in [5, 5.41) is 8.15. The van der Waals surface area contributed by atoms with Crippen molar-refractivity contribution in [1.29, 1.82) is 0 Å². The number of nitrogens with zero attached hydrogens (tertiary/aromatic N) is 2. The Morgan fingerprint density at radius 1 is 1.50 bits per heavy atom. The van der Waals surface area contributed by atoms with Crippen molar-refractivity contribution in [2.24, 2.45) is 5.10 Å². The van der Waals surface area contributed by atoms with Crippen molar-refractivity contribution in [1.82, 2.24) is 10.3 Å². The molecule has 1 aromatic rings. The number of nitrogens with one attached hydrogen (secondary N) is 1. The summed E-state index contributed by atoms with van der Waals surface area (Å²) in [5.41, 5.74) is 0.870. The van der Waals surface area contributed by atoms with Gasteiger partial charge in [0, 0.05) is 21.1 Å². The second-order valence-corrected chi connectivity index (χ2v) is 3.30. The number of hydrazone groups is 1. The van der Waals surface area contributed by atoms with Gasteiger partial charge in [0.25, 0.3) is 0 Å². The lowest BCUT2D eigenvalue weighted by Gasteiger charge is -2.05. The van der Waals surface area contributed by atoms with Crippen molar-refractivity contribution in [2.45, 2.75) is 0 Å². The second-order valence-electron chi connectivity index (χ2n) is 3.30. The molecule has 0 aliphatic heterocycles. The number of ether oxygens (including phenoxy) is 1. The van der Waals surface area contributed by atoms with Crippen LogP contribution in [0.2, 0.25) is 0 Å². The predicted octanol–water partition coefficient (Wildman–Crippen LogP) is 1.30. The number of carbonyl (C=O) groups excluding carboxylic acids is 1. The first-order valence-electron chi connectivity index (χ1n) is 4.83. The number of amides is 1. The number of hydrogen-bond acceptors (Lipinski definition) is 4. The molecule has 0 aromatic heterocycles. The highest BCUT2D eigenvalue weighted by molar-refractivity contribution is 5.80. The zero-order valence-corrected chi connectivity index (χ0v) is 9.60. The third kappa shape index (κ3) is 4.00. The molecule has 0 bridgehead atoms. The Morgan fingerprint density at radius 2 is 2.25 bits per heavy atom. The van der Waals surface area contributed by atoms with Crippen LogP contribution < -0.4 is 10.1 Å². The fourth-order valence-corrected chi connectivity index (χ4v) is 0.999. The monoisotopic (exact) mass is 221 g/mol. The third-order valence-corrected chi connectivity index (χ3v) is 1.71. The summed E-state index contributed by atoms with van der Waals surface area (Å²) in [6, 6.07) is 7.13. The van der Waals surface area contributed by atoms with Gasteiger partial charge >= 0.3 is 6.09 Å². The molecule has 0 saturated heterocycles. The summed E-state index contributed by atoms with van der Waals surface area (Å²) in [7, 11) is 5.18. The summed E-state index contributed by atoms with van der Waals surface area (Å²) in [5.74, 6) is 0.488. The van der Waals surface area contributed by atoms with Gasteiger partial charge in [0.2, 0.25) is 0 Å². The minimum Gasteiger partial charge on any atom is -0.410 e. The highest BCUT2D eigenvalue weighted by atomic mass is 16.5. The minimum atomic E-state index is -0.485. The fourth-order valence-electron chi connectivity index (χ4n) is 0.999. The molecular weight excluding hydrogens is 206 g/mol. The van der Waals surface area contributed by atoms with Crippen molar-refractivity contribution in [2.75, 3.05) is 21.1 Å². The van der Waals surface area contributed by atoms with Crippen molar-refractivity contribution in [3.05, 3.63) is 29.8 Å². The van der Waals surface area contributed by atoms with Gasteiger partial charge < -0.3 is 15.1 Å². The van der Waals surface area contributed by atoms with Crippen LogP contribution in [0.25, 0.3) is 0 Å². The molecule has 0 saturated carbocycles. The molecule has 0 atom stereocenters. The Kier molecular flexibility index (Phi) is 4.32. The van der Waals surface area contributed by atoms with E-state index in [1.807, 2.05) is 20.2 Å². The summed E-state index contributed by atoms with van der Waals surface area (Å²) in [6.45, 7) is 0. The van der Waals surface area contributed by atoms with Gasteiger partial charge in [-0.05, 0) is 17.7 Å². The van der Waals surface area contributed by atoms with Gasteiger partial charge in [-0.3, -0.25) is 0 Å². The molecule has 5 nitrogen and oxygen atoms in total. The summed E-state index contributed by atoms with van der Waals surface area (Å²) in [6.07, 6.45) is 1.21. The van der Waals surface area contributed by atoms with E-state index in [1.54, 1.807) is 29.4 Å². The predicted molar refractivity (Wildman–Crippen MR) is 62.8 cm³/mol. The van der Waals surface area contributed by atoms with E-state index < -0.39 is 6.09 Å². The number of rotatable bonds is 3. The Morgan fingerprint density at radius 3 is 2.88 bits per heavy atom. The molecule has 0 aliphatic rings. The first-order chi connectivity index (χ1) is 7.61. The largest absolute Gasteiger partial charge is 0.412 e. The Bertz CT molecular complexity index is 389. The fraction of sp³-hybridized carbons (Fsp3) is 0.273. The van der Waals surface area contributed by atoms with E-state index >= 15 is 0 Å². The highest BCUT2D eigenvalue weighted by Crippen LogP contribution is 2.12. The van der Waals surface area contributed by atoms with Crippen molar-refractivity contribution in [3.63, 3.8) is 0 Å². The van der Waals surface area contributed by atoms with Crippen LogP contribution in [0.5, 0.6) is 5.75 Å². The van der Waals surface area contributed by atoms with Crippen molar-refractivity contribution < 1.29 is 9.53 Å². The molecule has 0 fully saturated rings. The molecule has 1 aromatic carbocycles. The topological polar surface area (TPSA) is 53.9 Å². The van der Waals surface area contributed by atoms with Crippen LogP contribution in [0.1, 0.15) is 5.56 Å². The van der Waals surface area contributed by atoms with Crippen LogP contribution in [-0.2, 0) is 0 Å². The van der Waals surface area contributed by atoms with Crippen molar-refractivity contribution in [3.8, 4) is 5.75 Å². The van der Waals surface area contributed by atoms with Crippen LogP contribution >= 0.6 is 0 Å². The van der Waals surface area contributed by atoms with E-state index in [1.165, 1.54) is 7.05 Å². The average molecular weight is 221 g/mol. The lowest BCUT2D eigenvalue weighted by molar-refractivity contribution is 0.203. The Labute approximate surface area is 94.7 Å². The van der Waals surface area contributed by atoms with Gasteiger partial charge in [0.15, 0.2) is 0 Å². The third-order valence-electron chi connectivity index (χ3n) is 1.71. The van der Waals surface area contributed by atoms with E-state index in [2.05, 4.69) is 10.4 Å². The molecule has 0 unspecified atom stereocenters. The lowest BCUT2D eigenvalue weighted by atomic mass is 10.2. The summed E-state index contributed by atoms with van der Waals surface area (Å²) < 4.78 is 4.99. The Hall–Kier alpha value is -2.04. The van der Waals surface area contributed by atoms with Crippen LogP contribution in [0.15, 0.2) is 29.4 Å². The molecular formula is C11H15N3O2. The van der Waals surface area contributed by atoms with Crippen LogP contribution in [-0.4, -0.2) is 38.5 Å². The standard InChI is InChI=1S/C11H15N3O2/c1-12-11(15)16-10-6-4-5-9(7-10)8-13-14(2)3/h4-8H,1-3H3,(H,12,15)/b13-8+. The quantitative estimate of drug-likeness (QED) is 0.618. The molecule has 1 rings (SSSR count). The summed E-state index contributed by atoms with van der Waals surface area (Å²) >= 11 is 0. The number of hydrogen-bond donors (Lipinski definition) is 1. The molecule has 5 heteroatoms. The lowest BCUT2D eigenvalue weighted by Crippen LogP contribution is -2.22. The smallest absolute Gasteiger partial charge is 0.410 e. The van der Waals surface area contributed by atoms with Crippen molar-refractivity contribution >= 4 is 12.3 Å². The van der Waals surface area contributed by atoms with Gasteiger partial charge in [0.05, 0.1) is 6.21 Å². The van der Waals surface area contributed by atoms with E-state index in [9.17, 15) is 4.79 Å². The molecule has 0 radical (unpaired) electrons. The number of carbonyl (C=O) groups is 1. The van der Waals surface area contributed by atoms with Crippen LogP contribution in [0, 0.1) is 0 Å². The first-order valence-corrected chi connectivity index (χ1v) is 4.83. The van der Waals surface area contributed by atoms with Gasteiger partial charge in [-0.1, -0.05) is 12.1 Å². The Balaban J connectivity index is 2.75. The number of benzene rings is 1. The zero-order valence-electron chi connectivity index (χ0n) is 9.60. The summed E-state index contributed by atoms with van der Waals surface area (Å²) in [4.78, 5) is 11.0. The van der Waals surface area contributed by atoms with Gasteiger partial charge in [-0.2, -0.15) is 5.10 Å². The normalized spacial score (nSPS) is 10.2. The maximum atomic E-state index is 11.0. The first kappa shape index (κ1) is 12.0. The molecule has 16 heavy (non-hydrogen) atoms. The molecule has 0 heterocycles. The SMILES string of the molecule is CNC(=O)Oc1cccc(/C=N/N(C)C)c1. The van der Waals surface area contributed by atoms with E-state index in [0.29, 0.717) is 5.75 Å². The molecule has 1 amide bonds. The van der Waals surface area contributed by atoms with Gasteiger partial charge in [0.1, 0.15) is 5.75 Å². The van der Waals surface area contributed by atoms with Gasteiger partial charge in [-0.25, -0.2) is 4.79 Å². The zero-order chi connectivity index (χ0) is 12.0. The molecule has 0 spiro atoms. The molecule has 86 valence electrons. The second kappa shape index (κ2) is 5.75. The molecule has 1 N–H and O–H groups in total. The van der Waals surface area contributed by atoms with Crippen LogP contribution in [0.4, 0.5) is 4.79 Å². The van der Waals surface area contributed by atoms with E-state index in [0.717, 1.165) is 5.56 Å². The van der Waals surface area contributed by atoms with Gasteiger partial charge in [-0.15, -0.1) is 0 Å². The van der Waals surface area contributed by atoms with E-state index in [4.69, 9.17) is 4.74 Å². The highest BCUT2D eigenvalue weighted by Gasteiger charge is 2.00. The molecule has 0 aliphatic carbocycles. The van der Waals surface area contributed by atoms with Crippen LogP contribution in [0.3, 0.4) is 0 Å². The average Bonchev–Trinajstić information content (AvgIpc) is 2.26. The maximum absolute atomic E-state index is 11.0. The van der Waals surface area contributed by atoms with E-state index in [-0.39, 0.29) is 0 Å².